The van der Waals surface area contributed by atoms with Crippen LogP contribution in [0.1, 0.15) is 25.1 Å². The molecule has 1 fully saturated rings. The summed E-state index contributed by atoms with van der Waals surface area (Å²) in [4.78, 5) is 42.5. The second kappa shape index (κ2) is 5.01. The average molecular weight is 264 g/mol. The van der Waals surface area contributed by atoms with Crippen molar-refractivity contribution in [3.05, 3.63) is 24.3 Å². The number of carbonyl (C=O) groups is 3. The quantitative estimate of drug-likeness (QED) is 0.739. The normalized spacial score (nSPS) is 19.5. The molecule has 1 aromatic heterocycles. The highest BCUT2D eigenvalue weighted by molar-refractivity contribution is 6.05. The molecular weight excluding hydrogens is 252 g/mol. The lowest BCUT2D eigenvalue weighted by molar-refractivity contribution is -0.157. The number of aliphatic carboxylic acids is 1. The summed E-state index contributed by atoms with van der Waals surface area (Å²) in [6.07, 6.45) is 4.31. The molecule has 2 heterocycles. The maximum Gasteiger partial charge on any atom is 0.327 e. The molecule has 0 spiro atoms. The summed E-state index contributed by atoms with van der Waals surface area (Å²) in [6, 6.07) is -2.28. The van der Waals surface area contributed by atoms with Gasteiger partial charge in [-0.3, -0.25) is 14.8 Å². The van der Waals surface area contributed by atoms with E-state index in [4.69, 9.17) is 5.11 Å². The number of likely N-dealkylation sites (tertiary alicyclic amines) is 1. The number of β-lactam (4-membered cyclic amide) rings is 1. The second-order valence-corrected chi connectivity index (χ2v) is 4.12. The summed E-state index contributed by atoms with van der Waals surface area (Å²) in [6.45, 7) is 1.67. The molecule has 100 valence electrons. The van der Waals surface area contributed by atoms with Crippen LogP contribution in [0.4, 0.5) is 4.79 Å². The zero-order valence-electron chi connectivity index (χ0n) is 10.1. The predicted molar refractivity (Wildman–Crippen MR) is 61.9 cm³/mol. The van der Waals surface area contributed by atoms with E-state index in [0.29, 0.717) is 10.6 Å². The van der Waals surface area contributed by atoms with Gasteiger partial charge in [0.2, 0.25) is 5.91 Å². The molecule has 8 nitrogen and oxygen atoms in total. The van der Waals surface area contributed by atoms with Crippen molar-refractivity contribution in [3.8, 4) is 0 Å². The number of amides is 3. The third-order valence-electron chi connectivity index (χ3n) is 2.82. The van der Waals surface area contributed by atoms with Crippen LogP contribution in [0, 0.1) is 0 Å². The van der Waals surface area contributed by atoms with E-state index in [9.17, 15) is 14.4 Å². The van der Waals surface area contributed by atoms with Gasteiger partial charge in [-0.25, -0.2) is 14.5 Å². The van der Waals surface area contributed by atoms with E-state index in [0.717, 1.165) is 0 Å². The molecule has 0 bridgehead atoms. The minimum absolute atomic E-state index is 0.151. The van der Waals surface area contributed by atoms with Gasteiger partial charge in [-0.1, -0.05) is 0 Å². The monoisotopic (exact) mass is 264 g/mol. The van der Waals surface area contributed by atoms with Crippen LogP contribution >= 0.6 is 0 Å². The van der Waals surface area contributed by atoms with Crippen LogP contribution in [0.15, 0.2) is 18.6 Å². The number of hydrogen-bond acceptors (Lipinski definition) is 5. The number of carboxylic acids is 1. The molecule has 1 saturated heterocycles. The Kier molecular flexibility index (Phi) is 3.41. The van der Waals surface area contributed by atoms with Gasteiger partial charge >= 0.3 is 12.0 Å². The van der Waals surface area contributed by atoms with Crippen molar-refractivity contribution in [3.63, 3.8) is 0 Å². The molecule has 8 heteroatoms. The Labute approximate surface area is 108 Å². The van der Waals surface area contributed by atoms with E-state index in [2.05, 4.69) is 15.3 Å². The van der Waals surface area contributed by atoms with E-state index in [1.54, 1.807) is 6.92 Å². The molecule has 0 radical (unpaired) electrons. The van der Waals surface area contributed by atoms with Crippen molar-refractivity contribution >= 4 is 17.9 Å². The number of urea groups is 1. The van der Waals surface area contributed by atoms with Crippen molar-refractivity contribution in [1.82, 2.24) is 20.2 Å². The standard InChI is InChI=1S/C11H12N4O4/c1-6(7-5-12-2-3-13-7)14-11(19)15-8(10(17)18)4-9(15)16/h2-3,5-6,8H,4H2,1H3,(H,14,19)(H,17,18)/t6?,8-/m0/s1. The maximum atomic E-state index is 11.8. The van der Waals surface area contributed by atoms with Crippen LogP contribution in [-0.4, -0.2) is 43.9 Å². The van der Waals surface area contributed by atoms with Gasteiger partial charge in [0, 0.05) is 12.4 Å². The largest absolute Gasteiger partial charge is 0.480 e. The first-order valence-corrected chi connectivity index (χ1v) is 5.62. The van der Waals surface area contributed by atoms with Crippen LogP contribution in [-0.2, 0) is 9.59 Å². The molecule has 1 unspecified atom stereocenters. The number of aromatic nitrogens is 2. The minimum Gasteiger partial charge on any atom is -0.480 e. The summed E-state index contributed by atoms with van der Waals surface area (Å²) < 4.78 is 0. The van der Waals surface area contributed by atoms with E-state index in [-0.39, 0.29) is 6.42 Å². The molecule has 0 aliphatic carbocycles. The summed E-state index contributed by atoms with van der Waals surface area (Å²) in [7, 11) is 0. The summed E-state index contributed by atoms with van der Waals surface area (Å²) in [5.41, 5.74) is 0.524. The number of hydrogen-bond donors (Lipinski definition) is 2. The van der Waals surface area contributed by atoms with Crippen LogP contribution in [0.2, 0.25) is 0 Å². The molecule has 0 aromatic carbocycles. The minimum atomic E-state index is -1.19. The molecule has 2 atom stereocenters. The van der Waals surface area contributed by atoms with Crippen LogP contribution in [0.25, 0.3) is 0 Å². The lowest BCUT2D eigenvalue weighted by atomic mass is 10.0. The SMILES string of the molecule is CC(NC(=O)N1C(=O)C[C@H]1C(=O)O)c1cnccn1. The van der Waals surface area contributed by atoms with Gasteiger partial charge in [0.1, 0.15) is 6.04 Å². The smallest absolute Gasteiger partial charge is 0.327 e. The first-order chi connectivity index (χ1) is 9.00. The molecule has 19 heavy (non-hydrogen) atoms. The fourth-order valence-corrected chi connectivity index (χ4v) is 1.73. The van der Waals surface area contributed by atoms with Gasteiger partial charge in [-0.15, -0.1) is 0 Å². The molecule has 1 aromatic rings. The molecule has 3 amide bonds. The van der Waals surface area contributed by atoms with Crippen LogP contribution in [0.5, 0.6) is 0 Å². The zero-order valence-corrected chi connectivity index (χ0v) is 10.1. The first-order valence-electron chi connectivity index (χ1n) is 5.62. The Morgan fingerprint density at radius 2 is 2.26 bits per heavy atom. The molecule has 2 rings (SSSR count). The highest BCUT2D eigenvalue weighted by atomic mass is 16.4. The highest BCUT2D eigenvalue weighted by Gasteiger charge is 2.45. The molecule has 0 saturated carbocycles. The highest BCUT2D eigenvalue weighted by Crippen LogP contribution is 2.20. The molecule has 2 N–H and O–H groups in total. The van der Waals surface area contributed by atoms with E-state index in [1.807, 2.05) is 0 Å². The zero-order chi connectivity index (χ0) is 14.0. The number of carbonyl (C=O) groups excluding carboxylic acids is 2. The number of nitrogens with one attached hydrogen (secondary N) is 1. The third-order valence-corrected chi connectivity index (χ3v) is 2.82. The summed E-state index contributed by atoms with van der Waals surface area (Å²) in [5.74, 6) is -1.70. The number of rotatable bonds is 3. The van der Waals surface area contributed by atoms with Crippen LogP contribution in [0.3, 0.4) is 0 Å². The van der Waals surface area contributed by atoms with Gasteiger partial charge in [0.15, 0.2) is 0 Å². The van der Waals surface area contributed by atoms with E-state index < -0.39 is 30.0 Å². The Morgan fingerprint density at radius 3 is 2.79 bits per heavy atom. The van der Waals surface area contributed by atoms with Crippen molar-refractivity contribution in [1.29, 1.82) is 0 Å². The fourth-order valence-electron chi connectivity index (χ4n) is 1.73. The molecular formula is C11H12N4O4. The number of nitrogens with zero attached hydrogens (tertiary/aromatic N) is 3. The average Bonchev–Trinajstić information content (AvgIpc) is 2.36. The lowest BCUT2D eigenvalue weighted by Crippen LogP contribution is -2.61. The molecule has 1 aliphatic heterocycles. The van der Waals surface area contributed by atoms with Crippen LogP contribution < -0.4 is 5.32 Å². The summed E-state index contributed by atoms with van der Waals surface area (Å²) in [5, 5.41) is 11.3. The van der Waals surface area contributed by atoms with Gasteiger partial charge < -0.3 is 10.4 Å². The van der Waals surface area contributed by atoms with Crippen molar-refractivity contribution < 1.29 is 19.5 Å². The number of imide groups is 1. The lowest BCUT2D eigenvalue weighted by Gasteiger charge is -2.35. The van der Waals surface area contributed by atoms with Crippen molar-refractivity contribution in [2.24, 2.45) is 0 Å². The third kappa shape index (κ3) is 2.51. The summed E-state index contributed by atoms with van der Waals surface area (Å²) >= 11 is 0. The molecule has 1 aliphatic rings. The van der Waals surface area contributed by atoms with Crippen molar-refractivity contribution in [2.75, 3.05) is 0 Å². The topological polar surface area (TPSA) is 112 Å². The Bertz CT molecular complexity index is 519. The Hall–Kier alpha value is -2.51. The van der Waals surface area contributed by atoms with E-state index in [1.165, 1.54) is 18.6 Å². The van der Waals surface area contributed by atoms with Gasteiger partial charge in [0.05, 0.1) is 24.4 Å². The second-order valence-electron chi connectivity index (χ2n) is 4.12. The van der Waals surface area contributed by atoms with E-state index >= 15 is 0 Å². The van der Waals surface area contributed by atoms with Gasteiger partial charge in [0.25, 0.3) is 0 Å². The first kappa shape index (κ1) is 12.9. The van der Waals surface area contributed by atoms with Crippen molar-refractivity contribution in [2.45, 2.75) is 25.4 Å². The van der Waals surface area contributed by atoms with Gasteiger partial charge in [-0.05, 0) is 6.92 Å². The Morgan fingerprint density at radius 1 is 1.53 bits per heavy atom. The maximum absolute atomic E-state index is 11.8. The Balaban J connectivity index is 2.01. The van der Waals surface area contributed by atoms with Gasteiger partial charge in [-0.2, -0.15) is 0 Å². The fraction of sp³-hybridized carbons (Fsp3) is 0.364. The predicted octanol–water partition coefficient (Wildman–Crippen LogP) is -0.0673. The number of carboxylic acid groups (broad SMARTS) is 1.